The molecule has 0 aromatic heterocycles. The molecule has 1 N–H and O–H groups in total. The zero-order valence-corrected chi connectivity index (χ0v) is 7.86. The average molecular weight is 172 g/mol. The van der Waals surface area contributed by atoms with Crippen molar-refractivity contribution in [1.82, 2.24) is 0 Å². The summed E-state index contributed by atoms with van der Waals surface area (Å²) < 4.78 is 0. The van der Waals surface area contributed by atoms with Gasteiger partial charge in [-0.2, -0.15) is 11.8 Å². The van der Waals surface area contributed by atoms with E-state index in [1.807, 2.05) is 18.7 Å². The molecule has 1 fully saturated rings. The lowest BCUT2D eigenvalue weighted by atomic mass is 10.1. The molecule has 0 saturated carbocycles. The molecule has 0 aliphatic carbocycles. The minimum Gasteiger partial charge on any atom is -0.392 e. The summed E-state index contributed by atoms with van der Waals surface area (Å²) in [4.78, 5) is 0. The molecule has 0 aromatic rings. The fourth-order valence-electron chi connectivity index (χ4n) is 1.39. The minimum absolute atomic E-state index is 0.153. The third kappa shape index (κ3) is 2.88. The standard InChI is InChI=1S/C9H16OS/c1-7(2)6-8(10)9-4-3-5-11-9/h8-10H,1,3-6H2,2H3. The van der Waals surface area contributed by atoms with Gasteiger partial charge in [0.2, 0.25) is 0 Å². The lowest BCUT2D eigenvalue weighted by Crippen LogP contribution is -2.20. The van der Waals surface area contributed by atoms with Gasteiger partial charge in [-0.3, -0.25) is 0 Å². The molecule has 1 aliphatic heterocycles. The lowest BCUT2D eigenvalue weighted by molar-refractivity contribution is 0.170. The molecule has 0 spiro atoms. The Morgan fingerprint density at radius 1 is 1.82 bits per heavy atom. The van der Waals surface area contributed by atoms with Crippen molar-refractivity contribution in [3.63, 3.8) is 0 Å². The highest BCUT2D eigenvalue weighted by Crippen LogP contribution is 2.30. The fourth-order valence-corrected chi connectivity index (χ4v) is 2.68. The molecule has 2 unspecified atom stereocenters. The van der Waals surface area contributed by atoms with E-state index in [-0.39, 0.29) is 6.10 Å². The van der Waals surface area contributed by atoms with Crippen LogP contribution in [0.4, 0.5) is 0 Å². The SMILES string of the molecule is C=C(C)CC(O)C1CCCS1. The Morgan fingerprint density at radius 3 is 3.00 bits per heavy atom. The number of hydrogen-bond donors (Lipinski definition) is 1. The predicted molar refractivity (Wildman–Crippen MR) is 50.9 cm³/mol. The summed E-state index contributed by atoms with van der Waals surface area (Å²) in [5.41, 5.74) is 1.09. The van der Waals surface area contributed by atoms with Crippen molar-refractivity contribution >= 4 is 11.8 Å². The second kappa shape index (κ2) is 4.17. The Bertz CT molecular complexity index is 138. The maximum absolute atomic E-state index is 9.64. The second-order valence-corrected chi connectivity index (χ2v) is 4.63. The second-order valence-electron chi connectivity index (χ2n) is 3.28. The molecule has 1 rings (SSSR count). The van der Waals surface area contributed by atoms with Crippen molar-refractivity contribution < 1.29 is 5.11 Å². The molecule has 0 bridgehead atoms. The van der Waals surface area contributed by atoms with E-state index in [1.54, 1.807) is 0 Å². The van der Waals surface area contributed by atoms with Gasteiger partial charge in [0.1, 0.15) is 0 Å². The van der Waals surface area contributed by atoms with E-state index >= 15 is 0 Å². The van der Waals surface area contributed by atoms with Crippen LogP contribution in [0.2, 0.25) is 0 Å². The number of thioether (sulfide) groups is 1. The van der Waals surface area contributed by atoms with Gasteiger partial charge in [0.25, 0.3) is 0 Å². The van der Waals surface area contributed by atoms with E-state index in [0.717, 1.165) is 12.0 Å². The third-order valence-electron chi connectivity index (χ3n) is 1.95. The van der Waals surface area contributed by atoms with Crippen LogP contribution in [0.25, 0.3) is 0 Å². The first kappa shape index (κ1) is 9.14. The maximum atomic E-state index is 9.64. The van der Waals surface area contributed by atoms with Crippen LogP contribution in [0, 0.1) is 0 Å². The summed E-state index contributed by atoms with van der Waals surface area (Å²) in [6.45, 7) is 5.77. The van der Waals surface area contributed by atoms with Crippen molar-refractivity contribution in [1.29, 1.82) is 0 Å². The van der Waals surface area contributed by atoms with Crippen LogP contribution in [-0.4, -0.2) is 22.2 Å². The van der Waals surface area contributed by atoms with Gasteiger partial charge in [0.15, 0.2) is 0 Å². The van der Waals surface area contributed by atoms with Crippen LogP contribution >= 0.6 is 11.8 Å². The quantitative estimate of drug-likeness (QED) is 0.659. The first-order valence-corrected chi connectivity index (χ1v) is 5.19. The Balaban J connectivity index is 2.28. The van der Waals surface area contributed by atoms with Gasteiger partial charge in [0.05, 0.1) is 6.10 Å². The van der Waals surface area contributed by atoms with Gasteiger partial charge in [-0.05, 0) is 31.9 Å². The van der Waals surface area contributed by atoms with Crippen molar-refractivity contribution in [3.8, 4) is 0 Å². The van der Waals surface area contributed by atoms with Crippen LogP contribution in [0.15, 0.2) is 12.2 Å². The van der Waals surface area contributed by atoms with Crippen LogP contribution < -0.4 is 0 Å². The van der Waals surface area contributed by atoms with Crippen molar-refractivity contribution in [2.24, 2.45) is 0 Å². The van der Waals surface area contributed by atoms with Crippen LogP contribution in [0.5, 0.6) is 0 Å². The number of aliphatic hydroxyl groups is 1. The van der Waals surface area contributed by atoms with Crippen LogP contribution in [-0.2, 0) is 0 Å². The highest BCUT2D eigenvalue weighted by atomic mass is 32.2. The van der Waals surface area contributed by atoms with E-state index in [9.17, 15) is 5.11 Å². The monoisotopic (exact) mass is 172 g/mol. The lowest BCUT2D eigenvalue weighted by Gasteiger charge is -2.16. The molecule has 0 aromatic carbocycles. The Labute approximate surface area is 72.9 Å². The smallest absolute Gasteiger partial charge is 0.0695 e. The van der Waals surface area contributed by atoms with Gasteiger partial charge in [-0.15, -0.1) is 6.58 Å². The van der Waals surface area contributed by atoms with E-state index in [4.69, 9.17) is 0 Å². The predicted octanol–water partition coefficient (Wildman–Crippen LogP) is 2.21. The zero-order chi connectivity index (χ0) is 8.27. The van der Waals surface area contributed by atoms with Crippen molar-refractivity contribution in [2.45, 2.75) is 37.5 Å². The van der Waals surface area contributed by atoms with Gasteiger partial charge in [0, 0.05) is 5.25 Å². The number of aliphatic hydroxyl groups excluding tert-OH is 1. The first-order valence-electron chi connectivity index (χ1n) is 4.14. The van der Waals surface area contributed by atoms with Crippen molar-refractivity contribution in [3.05, 3.63) is 12.2 Å². The van der Waals surface area contributed by atoms with E-state index in [0.29, 0.717) is 5.25 Å². The molecule has 0 radical (unpaired) electrons. The maximum Gasteiger partial charge on any atom is 0.0695 e. The molecular weight excluding hydrogens is 156 g/mol. The van der Waals surface area contributed by atoms with Crippen LogP contribution in [0.1, 0.15) is 26.2 Å². The Kier molecular flexibility index (Phi) is 3.46. The molecule has 1 saturated heterocycles. The van der Waals surface area contributed by atoms with E-state index < -0.39 is 0 Å². The third-order valence-corrected chi connectivity index (χ3v) is 3.45. The summed E-state index contributed by atoms with van der Waals surface area (Å²) in [5, 5.41) is 10.1. The topological polar surface area (TPSA) is 20.2 Å². The van der Waals surface area contributed by atoms with Gasteiger partial charge in [-0.25, -0.2) is 0 Å². The summed E-state index contributed by atoms with van der Waals surface area (Å²) in [6, 6.07) is 0. The summed E-state index contributed by atoms with van der Waals surface area (Å²) >= 11 is 1.90. The molecule has 0 amide bonds. The van der Waals surface area contributed by atoms with E-state index in [1.165, 1.54) is 18.6 Å². The highest BCUT2D eigenvalue weighted by molar-refractivity contribution is 8.00. The Morgan fingerprint density at radius 2 is 2.55 bits per heavy atom. The molecule has 1 aliphatic rings. The molecule has 2 heteroatoms. The largest absolute Gasteiger partial charge is 0.392 e. The first-order chi connectivity index (χ1) is 5.20. The van der Waals surface area contributed by atoms with Gasteiger partial charge in [-0.1, -0.05) is 5.57 Å². The molecule has 11 heavy (non-hydrogen) atoms. The highest BCUT2D eigenvalue weighted by Gasteiger charge is 2.23. The van der Waals surface area contributed by atoms with E-state index in [2.05, 4.69) is 6.58 Å². The fraction of sp³-hybridized carbons (Fsp3) is 0.778. The summed E-state index contributed by atoms with van der Waals surface area (Å²) in [5.74, 6) is 1.22. The summed E-state index contributed by atoms with van der Waals surface area (Å²) in [6.07, 6.45) is 3.07. The molecule has 64 valence electrons. The Hall–Kier alpha value is 0.0500. The van der Waals surface area contributed by atoms with Crippen molar-refractivity contribution in [2.75, 3.05) is 5.75 Å². The summed E-state index contributed by atoms with van der Waals surface area (Å²) in [7, 11) is 0. The number of rotatable bonds is 3. The minimum atomic E-state index is -0.153. The normalized spacial score (nSPS) is 26.9. The molecule has 1 heterocycles. The van der Waals surface area contributed by atoms with Gasteiger partial charge < -0.3 is 5.11 Å². The average Bonchev–Trinajstić information content (AvgIpc) is 2.35. The molecule has 2 atom stereocenters. The molecular formula is C9H16OS. The van der Waals surface area contributed by atoms with Crippen LogP contribution in [0.3, 0.4) is 0 Å². The van der Waals surface area contributed by atoms with Gasteiger partial charge >= 0.3 is 0 Å². The zero-order valence-electron chi connectivity index (χ0n) is 7.05. The molecule has 1 nitrogen and oxygen atoms in total. The number of hydrogen-bond acceptors (Lipinski definition) is 2.